The molecule has 10 N–H and O–H groups in total. The average Bonchev–Trinajstić information content (AvgIpc) is 1.30. The van der Waals surface area contributed by atoms with E-state index in [1.54, 1.807) is 48.5 Å². The van der Waals surface area contributed by atoms with E-state index in [4.69, 9.17) is 28.4 Å². The minimum Gasteiger partial charge on any atom is -0.480 e. The first-order valence-electron chi connectivity index (χ1n) is 25.1. The molecule has 0 atom stereocenters. The van der Waals surface area contributed by atoms with Gasteiger partial charge >= 0.3 is 24.1 Å². The lowest BCUT2D eigenvalue weighted by Gasteiger charge is -2.19. The molecule has 0 spiro atoms. The standard InChI is InChI=1S/C56H50N8O20S2/c1-79-19-21-81-55(71)59-37-9-5-35(6-10-37)57-39-13-15-41-33(23-39)27-47(85(73,74)75)51(53(41)69)63-61-43-17-3-31(25-45(43)83-29-49(65)66)32-4-18-44(46(26-32)84-30-50(67)68)62-64-52-48(86(76,77)78)28-34-24-40(14-16-42(34)54(52)70)58-36-7-11-38(12-8-36)60-56(72)82-22-20-80-2/h3-18,23-28,57-58,61-62H,19-22,29-30H2,1-2H3,(H,59,71)(H,60,72)(H,65,66)(H,67,68)(H,73,74,75)(H,76,77,78)/b63-51-,64-52-. The van der Waals surface area contributed by atoms with Crippen molar-refractivity contribution in [2.75, 3.05) is 86.0 Å². The Balaban J connectivity index is 1.01. The molecule has 0 heterocycles. The highest BCUT2D eigenvalue weighted by molar-refractivity contribution is 7.91. The van der Waals surface area contributed by atoms with Crippen molar-refractivity contribution in [1.82, 2.24) is 0 Å². The molecule has 28 nitrogen and oxygen atoms in total. The first-order valence-corrected chi connectivity index (χ1v) is 28.0. The number of nitrogens with zero attached hydrogens (tertiary/aromatic N) is 2. The second kappa shape index (κ2) is 27.3. The van der Waals surface area contributed by atoms with Crippen molar-refractivity contribution in [3.8, 4) is 22.6 Å². The summed E-state index contributed by atoms with van der Waals surface area (Å²) in [6.07, 6.45) is 0.684. The summed E-state index contributed by atoms with van der Waals surface area (Å²) in [7, 11) is -7.34. The normalized spacial score (nSPS) is 13.7. The molecule has 0 unspecified atom stereocenters. The topological polar surface area (TPSA) is 404 Å². The SMILES string of the molecule is COCCOC(=O)Nc1ccc(Nc2ccc3c(c2)C=C(S(=O)(=O)O)/C(=N/Nc2ccc(-c4ccc(N/N=C5\C(=O)c6ccc(Nc7ccc(NC(=O)OCCOC)cc7)cc6C=C5S(=O)(=O)O)c(OCC(=O)O)c4)cc2OCC(=O)O)C3=O)cc1. The molecule has 2 amide bonds. The number of fused-ring (bicyclic) bond motifs is 2. The predicted molar refractivity (Wildman–Crippen MR) is 314 cm³/mol. The molecule has 0 saturated carbocycles. The van der Waals surface area contributed by atoms with E-state index in [0.29, 0.717) is 34.1 Å². The number of carboxylic acid groups (broad SMARTS) is 2. The molecule has 8 rings (SSSR count). The highest BCUT2D eigenvalue weighted by atomic mass is 32.2. The van der Waals surface area contributed by atoms with Gasteiger partial charge in [0.25, 0.3) is 20.2 Å². The average molecular weight is 1220 g/mol. The Bertz CT molecular complexity index is 3760. The molecule has 6 aromatic carbocycles. The van der Waals surface area contributed by atoms with Gasteiger partial charge in [-0.3, -0.25) is 40.2 Å². The predicted octanol–water partition coefficient (Wildman–Crippen LogP) is 7.94. The zero-order chi connectivity index (χ0) is 61.7. The molecule has 0 radical (unpaired) electrons. The van der Waals surface area contributed by atoms with Crippen molar-refractivity contribution in [1.29, 1.82) is 0 Å². The van der Waals surface area contributed by atoms with Gasteiger partial charge in [-0.05, 0) is 144 Å². The first-order chi connectivity index (χ1) is 41.1. The van der Waals surface area contributed by atoms with Gasteiger partial charge in [0.05, 0.1) is 24.6 Å². The van der Waals surface area contributed by atoms with Crippen LogP contribution in [0, 0.1) is 0 Å². The lowest BCUT2D eigenvalue weighted by Crippen LogP contribution is -2.27. The lowest BCUT2D eigenvalue weighted by molar-refractivity contribution is -0.140. The van der Waals surface area contributed by atoms with Gasteiger partial charge in [-0.1, -0.05) is 12.1 Å². The maximum Gasteiger partial charge on any atom is 0.411 e. The van der Waals surface area contributed by atoms with Crippen LogP contribution in [0.15, 0.2) is 141 Å². The molecule has 0 saturated heterocycles. The zero-order valence-electron chi connectivity index (χ0n) is 45.0. The quantitative estimate of drug-likeness (QED) is 0.0148. The molecule has 446 valence electrons. The van der Waals surface area contributed by atoms with Gasteiger partial charge < -0.3 is 49.3 Å². The summed E-state index contributed by atoms with van der Waals surface area (Å²) in [5.41, 5.74) is 6.73. The number of ketones is 2. The third-order valence-electron chi connectivity index (χ3n) is 12.1. The maximum absolute atomic E-state index is 13.9. The molecule has 30 heteroatoms. The van der Waals surface area contributed by atoms with E-state index >= 15 is 0 Å². The number of Topliss-reactive ketones (excluding diaryl/α,β-unsaturated/α-hetero) is 2. The van der Waals surface area contributed by atoms with Crippen molar-refractivity contribution in [2.24, 2.45) is 10.2 Å². The fourth-order valence-corrected chi connectivity index (χ4v) is 9.44. The van der Waals surface area contributed by atoms with Gasteiger partial charge in [0.2, 0.25) is 11.6 Å². The summed E-state index contributed by atoms with van der Waals surface area (Å²) in [5.74, 6) is -5.12. The number of hydrogen-bond acceptors (Lipinski definition) is 22. The first kappa shape index (κ1) is 61.6. The third kappa shape index (κ3) is 16.0. The molecule has 0 aromatic heterocycles. The number of amides is 2. The van der Waals surface area contributed by atoms with Gasteiger partial charge in [-0.25, -0.2) is 19.2 Å². The van der Waals surface area contributed by atoms with Crippen LogP contribution in [-0.4, -0.2) is 137 Å². The number of carbonyl (C=O) groups is 6. The minimum atomic E-state index is -5.14. The van der Waals surface area contributed by atoms with E-state index < -0.39 is 90.4 Å². The van der Waals surface area contributed by atoms with E-state index in [2.05, 4.69) is 42.3 Å². The molecule has 6 aromatic rings. The largest absolute Gasteiger partial charge is 0.480 e. The fourth-order valence-electron chi connectivity index (χ4n) is 8.13. The summed E-state index contributed by atoms with van der Waals surface area (Å²) in [6.45, 7) is -1.29. The highest BCUT2D eigenvalue weighted by Crippen LogP contribution is 2.37. The number of anilines is 8. The number of carboxylic acids is 2. The number of allylic oxidation sites excluding steroid dienone is 2. The van der Waals surface area contributed by atoms with Crippen LogP contribution in [0.2, 0.25) is 0 Å². The number of benzene rings is 6. The molecule has 0 bridgehead atoms. The van der Waals surface area contributed by atoms with Crippen LogP contribution in [0.5, 0.6) is 11.5 Å². The van der Waals surface area contributed by atoms with Crippen LogP contribution in [0.4, 0.5) is 55.1 Å². The van der Waals surface area contributed by atoms with E-state index in [0.717, 1.165) is 12.2 Å². The van der Waals surface area contributed by atoms with E-state index in [-0.39, 0.29) is 82.7 Å². The number of methoxy groups -OCH3 is 2. The van der Waals surface area contributed by atoms with Crippen molar-refractivity contribution >= 4 is 125 Å². The van der Waals surface area contributed by atoms with Crippen LogP contribution in [-0.2, 0) is 48.8 Å². The monoisotopic (exact) mass is 1220 g/mol. The highest BCUT2D eigenvalue weighted by Gasteiger charge is 2.35. The zero-order valence-corrected chi connectivity index (χ0v) is 46.6. The summed E-state index contributed by atoms with van der Waals surface area (Å²) in [5, 5.41) is 38.5. The molecule has 0 aliphatic heterocycles. The molecule has 2 aliphatic rings. The summed E-state index contributed by atoms with van der Waals surface area (Å²) < 4.78 is 103. The summed E-state index contributed by atoms with van der Waals surface area (Å²) in [6, 6.07) is 29.8. The van der Waals surface area contributed by atoms with Crippen LogP contribution in [0.1, 0.15) is 31.8 Å². The molecule has 86 heavy (non-hydrogen) atoms. The molecular formula is C56H50N8O20S2. The number of hydrogen-bond donors (Lipinski definition) is 10. The number of carbonyl (C=O) groups excluding carboxylic acids is 4. The number of nitrogens with one attached hydrogen (secondary N) is 6. The van der Waals surface area contributed by atoms with E-state index in [1.165, 1.54) is 87.0 Å². The number of rotatable bonds is 25. The lowest BCUT2D eigenvalue weighted by atomic mass is 9.94. The number of ether oxygens (including phenoxy) is 6. The Morgan fingerprint density at radius 3 is 1.19 bits per heavy atom. The number of hydrazone groups is 2. The second-order valence-electron chi connectivity index (χ2n) is 18.1. The second-order valence-corrected chi connectivity index (χ2v) is 20.9. The molecule has 0 fully saturated rings. The van der Waals surface area contributed by atoms with Crippen molar-refractivity contribution < 1.29 is 93.3 Å². The Labute approximate surface area is 488 Å². The van der Waals surface area contributed by atoms with Gasteiger partial charge in [-0.15, -0.1) is 0 Å². The molecule has 2 aliphatic carbocycles. The smallest absolute Gasteiger partial charge is 0.411 e. The van der Waals surface area contributed by atoms with Crippen molar-refractivity contribution in [3.05, 3.63) is 153 Å². The van der Waals surface area contributed by atoms with Crippen molar-refractivity contribution in [3.63, 3.8) is 0 Å². The minimum absolute atomic E-state index is 0.0109. The van der Waals surface area contributed by atoms with E-state index in [1.807, 2.05) is 0 Å². The van der Waals surface area contributed by atoms with Crippen LogP contribution in [0.25, 0.3) is 23.3 Å². The van der Waals surface area contributed by atoms with Crippen molar-refractivity contribution in [2.45, 2.75) is 0 Å². The van der Waals surface area contributed by atoms with Gasteiger partial charge in [0.1, 0.15) is 34.5 Å². The Hall–Kier alpha value is -10.5. The Morgan fingerprint density at radius 1 is 0.477 bits per heavy atom. The van der Waals surface area contributed by atoms with E-state index in [9.17, 15) is 64.9 Å². The van der Waals surface area contributed by atoms with Crippen LogP contribution >= 0.6 is 0 Å². The van der Waals surface area contributed by atoms with Crippen LogP contribution in [0.3, 0.4) is 0 Å². The van der Waals surface area contributed by atoms with Crippen LogP contribution < -0.4 is 41.6 Å². The van der Waals surface area contributed by atoms with Gasteiger partial charge in [0, 0.05) is 59.5 Å². The summed E-state index contributed by atoms with van der Waals surface area (Å²) >= 11 is 0. The number of aliphatic carboxylic acids is 2. The van der Waals surface area contributed by atoms with Gasteiger partial charge in [-0.2, -0.15) is 27.0 Å². The summed E-state index contributed by atoms with van der Waals surface area (Å²) in [4.78, 5) is 73.6. The fraction of sp³-hybridized carbons (Fsp3) is 0.143. The van der Waals surface area contributed by atoms with Gasteiger partial charge in [0.15, 0.2) is 24.6 Å². The maximum atomic E-state index is 13.9. The molecular weight excluding hydrogens is 1170 g/mol. The third-order valence-corrected chi connectivity index (χ3v) is 13.8. The Morgan fingerprint density at radius 2 is 0.837 bits per heavy atom. The Kier molecular flexibility index (Phi) is 19.5.